The van der Waals surface area contributed by atoms with Gasteiger partial charge in [0, 0.05) is 38.0 Å². The van der Waals surface area contributed by atoms with E-state index in [1.807, 2.05) is 9.80 Å². The van der Waals surface area contributed by atoms with Crippen LogP contribution in [-0.4, -0.2) is 63.3 Å². The highest BCUT2D eigenvalue weighted by molar-refractivity contribution is 5.84. The Morgan fingerprint density at radius 2 is 2.15 bits per heavy atom. The summed E-state index contributed by atoms with van der Waals surface area (Å²) in [5.41, 5.74) is 3.10. The van der Waals surface area contributed by atoms with Crippen molar-refractivity contribution >= 4 is 11.8 Å². The first-order valence-corrected chi connectivity index (χ1v) is 9.98. The Morgan fingerprint density at radius 1 is 1.27 bits per heavy atom. The highest BCUT2D eigenvalue weighted by Crippen LogP contribution is 2.45. The number of rotatable bonds is 3. The smallest absolute Gasteiger partial charge is 0.227 e. The number of likely N-dealkylation sites (tertiary alicyclic amines) is 1. The molecular weight excluding hydrogens is 332 g/mol. The highest BCUT2D eigenvalue weighted by atomic mass is 16.5. The summed E-state index contributed by atoms with van der Waals surface area (Å²) in [6.07, 6.45) is 7.74. The van der Waals surface area contributed by atoms with Crippen LogP contribution in [0.4, 0.5) is 0 Å². The Bertz CT molecular complexity index is 745. The zero-order valence-electron chi connectivity index (χ0n) is 15.1. The Hall–Kier alpha value is -1.89. The van der Waals surface area contributed by atoms with Crippen LogP contribution in [0.3, 0.4) is 0 Å². The van der Waals surface area contributed by atoms with Crippen molar-refractivity contribution in [3.05, 3.63) is 17.0 Å². The van der Waals surface area contributed by atoms with Gasteiger partial charge >= 0.3 is 0 Å². The van der Waals surface area contributed by atoms with Gasteiger partial charge in [0.15, 0.2) is 5.72 Å². The molecule has 3 saturated heterocycles. The van der Waals surface area contributed by atoms with Gasteiger partial charge in [-0.1, -0.05) is 0 Å². The molecule has 1 N–H and O–H groups in total. The van der Waals surface area contributed by atoms with Crippen molar-refractivity contribution in [1.29, 1.82) is 0 Å². The van der Waals surface area contributed by atoms with Gasteiger partial charge in [-0.15, -0.1) is 0 Å². The summed E-state index contributed by atoms with van der Waals surface area (Å²) in [7, 11) is 0. The van der Waals surface area contributed by atoms with E-state index in [-0.39, 0.29) is 17.9 Å². The molecule has 4 aliphatic rings. The maximum Gasteiger partial charge on any atom is 0.227 e. The van der Waals surface area contributed by atoms with Crippen LogP contribution in [0.25, 0.3) is 0 Å². The first-order valence-electron chi connectivity index (χ1n) is 9.98. The monoisotopic (exact) mass is 358 g/mol. The van der Waals surface area contributed by atoms with Crippen molar-refractivity contribution < 1.29 is 14.3 Å². The summed E-state index contributed by atoms with van der Waals surface area (Å²) in [6.45, 7) is 2.13. The summed E-state index contributed by atoms with van der Waals surface area (Å²) in [5, 5.41) is 7.61. The molecule has 0 bridgehead atoms. The van der Waals surface area contributed by atoms with Crippen LogP contribution in [0.5, 0.6) is 0 Å². The summed E-state index contributed by atoms with van der Waals surface area (Å²) in [4.78, 5) is 29.1. The van der Waals surface area contributed by atoms with E-state index in [4.69, 9.17) is 4.74 Å². The average Bonchev–Trinajstić information content (AvgIpc) is 3.30. The molecule has 3 fully saturated rings. The van der Waals surface area contributed by atoms with Crippen LogP contribution >= 0.6 is 0 Å². The molecule has 3 aliphatic heterocycles. The summed E-state index contributed by atoms with van der Waals surface area (Å²) in [5.74, 6) is 0.261. The van der Waals surface area contributed by atoms with Crippen molar-refractivity contribution in [2.75, 3.05) is 19.7 Å². The minimum absolute atomic E-state index is 0.115. The number of aromatic nitrogens is 2. The van der Waals surface area contributed by atoms with E-state index in [1.54, 1.807) is 0 Å². The lowest BCUT2D eigenvalue weighted by Gasteiger charge is -2.42. The predicted octanol–water partition coefficient (Wildman–Crippen LogP) is 1.17. The Balaban J connectivity index is 1.28. The van der Waals surface area contributed by atoms with Crippen molar-refractivity contribution in [2.24, 2.45) is 0 Å². The molecule has 140 valence electrons. The number of H-pyrrole nitrogens is 1. The quantitative estimate of drug-likeness (QED) is 0.880. The minimum atomic E-state index is -0.545. The maximum absolute atomic E-state index is 12.9. The molecule has 1 aliphatic carbocycles. The lowest BCUT2D eigenvalue weighted by molar-refractivity contribution is -0.181. The summed E-state index contributed by atoms with van der Waals surface area (Å²) < 4.78 is 6.08. The molecule has 26 heavy (non-hydrogen) atoms. The third kappa shape index (κ3) is 2.32. The van der Waals surface area contributed by atoms with Gasteiger partial charge in [0.05, 0.1) is 24.8 Å². The lowest BCUT2D eigenvalue weighted by atomic mass is 9.94. The van der Waals surface area contributed by atoms with Crippen LogP contribution in [0.2, 0.25) is 0 Å². The zero-order chi connectivity index (χ0) is 17.7. The fourth-order valence-electron chi connectivity index (χ4n) is 5.37. The topological polar surface area (TPSA) is 78.5 Å². The first kappa shape index (κ1) is 16.3. The molecule has 1 aromatic heterocycles. The minimum Gasteiger partial charge on any atom is -0.353 e. The number of hydrogen-bond acceptors (Lipinski definition) is 4. The van der Waals surface area contributed by atoms with E-state index in [0.29, 0.717) is 32.4 Å². The molecule has 7 heteroatoms. The van der Waals surface area contributed by atoms with Gasteiger partial charge in [0.25, 0.3) is 0 Å². The summed E-state index contributed by atoms with van der Waals surface area (Å²) in [6, 6.07) is -0.115. The number of ether oxygens (including phenoxy) is 1. The molecule has 0 aromatic carbocycles. The van der Waals surface area contributed by atoms with Crippen LogP contribution in [0, 0.1) is 0 Å². The van der Waals surface area contributed by atoms with Crippen molar-refractivity contribution in [2.45, 2.75) is 69.6 Å². The normalized spacial score (nSPS) is 30.3. The summed E-state index contributed by atoms with van der Waals surface area (Å²) >= 11 is 0. The Kier molecular flexibility index (Phi) is 3.81. The molecule has 1 aromatic rings. The first-order chi connectivity index (χ1) is 12.7. The number of nitrogens with zero attached hydrogens (tertiary/aromatic N) is 3. The number of carbonyl (C=O) groups excluding carboxylic acids is 2. The number of nitrogens with one attached hydrogen (secondary N) is 1. The van der Waals surface area contributed by atoms with Crippen LogP contribution in [-0.2, 0) is 33.6 Å². The van der Waals surface area contributed by atoms with Crippen molar-refractivity contribution in [1.82, 2.24) is 20.0 Å². The van der Waals surface area contributed by atoms with E-state index in [0.717, 1.165) is 37.9 Å². The number of carbonyl (C=O) groups is 2. The van der Waals surface area contributed by atoms with E-state index in [1.165, 1.54) is 24.1 Å². The van der Waals surface area contributed by atoms with Gasteiger partial charge in [-0.05, 0) is 37.7 Å². The van der Waals surface area contributed by atoms with Gasteiger partial charge in [-0.3, -0.25) is 14.7 Å². The molecule has 1 spiro atoms. The van der Waals surface area contributed by atoms with Gasteiger partial charge in [0.1, 0.15) is 0 Å². The second kappa shape index (κ2) is 6.08. The van der Waals surface area contributed by atoms with E-state index < -0.39 is 5.72 Å². The van der Waals surface area contributed by atoms with Crippen LogP contribution in [0.15, 0.2) is 0 Å². The molecule has 0 unspecified atom stereocenters. The highest BCUT2D eigenvalue weighted by Gasteiger charge is 2.61. The number of fused-ring (bicyclic) bond motifs is 1. The van der Waals surface area contributed by atoms with E-state index >= 15 is 0 Å². The van der Waals surface area contributed by atoms with Crippen molar-refractivity contribution in [3.63, 3.8) is 0 Å². The largest absolute Gasteiger partial charge is 0.353 e. The van der Waals surface area contributed by atoms with E-state index in [2.05, 4.69) is 10.2 Å². The third-order valence-electron chi connectivity index (χ3n) is 6.65. The van der Waals surface area contributed by atoms with Gasteiger partial charge < -0.3 is 14.5 Å². The van der Waals surface area contributed by atoms with E-state index in [9.17, 15) is 9.59 Å². The van der Waals surface area contributed by atoms with Crippen LogP contribution < -0.4 is 0 Å². The third-order valence-corrected chi connectivity index (χ3v) is 6.65. The number of amides is 2. The molecule has 0 radical (unpaired) electrons. The van der Waals surface area contributed by atoms with Crippen molar-refractivity contribution in [3.8, 4) is 0 Å². The Morgan fingerprint density at radius 3 is 3.08 bits per heavy atom. The van der Waals surface area contributed by atoms with Gasteiger partial charge in [-0.25, -0.2) is 0 Å². The molecule has 2 amide bonds. The molecule has 2 atom stereocenters. The number of aryl methyl sites for hydroxylation is 2. The molecule has 0 saturated carbocycles. The SMILES string of the molecule is O=C(CCc1n[nH]c2c1CCCC2)N1CC[C@@]23OCCCN2C(=O)C[C@@H]13. The maximum atomic E-state index is 12.9. The second-order valence-electron chi connectivity index (χ2n) is 7.98. The fraction of sp³-hybridized carbons (Fsp3) is 0.737. The molecular formula is C19H26N4O3. The molecule has 7 nitrogen and oxygen atoms in total. The Labute approximate surface area is 153 Å². The van der Waals surface area contributed by atoms with Gasteiger partial charge in [-0.2, -0.15) is 5.10 Å². The van der Waals surface area contributed by atoms with Gasteiger partial charge in [0.2, 0.25) is 11.8 Å². The number of hydrogen-bond donors (Lipinski definition) is 1. The standard InChI is InChI=1S/C19H26N4O3/c24-17(7-6-15-13-4-1-2-5-14(13)20-21-15)22-10-8-19-16(22)12-18(25)23(19)9-3-11-26-19/h16H,1-12H2,(H,20,21)/t16-,19+/m1/s1. The predicted molar refractivity (Wildman–Crippen MR) is 93.3 cm³/mol. The average molecular weight is 358 g/mol. The molecule has 4 heterocycles. The fourth-order valence-corrected chi connectivity index (χ4v) is 5.37. The second-order valence-corrected chi connectivity index (χ2v) is 7.98. The van der Waals surface area contributed by atoms with Crippen LogP contribution in [0.1, 0.15) is 55.5 Å². The number of aromatic amines is 1. The zero-order valence-corrected chi connectivity index (χ0v) is 15.1. The molecule has 5 rings (SSSR count). The lowest BCUT2D eigenvalue weighted by Crippen LogP contribution is -2.56.